The highest BCUT2D eigenvalue weighted by Gasteiger charge is 2.54. The molecule has 13 rings (SSSR count). The van der Waals surface area contributed by atoms with Crippen molar-refractivity contribution in [2.24, 2.45) is 5.41 Å². The van der Waals surface area contributed by atoms with Gasteiger partial charge in [-0.2, -0.15) is 15.0 Å². The van der Waals surface area contributed by atoms with Crippen LogP contribution in [0.25, 0.3) is 100 Å². The van der Waals surface area contributed by atoms with Crippen LogP contribution in [0.4, 0.5) is 0 Å². The molecule has 70 heavy (non-hydrogen) atoms. The summed E-state index contributed by atoms with van der Waals surface area (Å²) in [5.74, 6) is 3.59. The molecule has 0 fully saturated rings. The number of benzene rings is 8. The Morgan fingerprint density at radius 1 is 0.443 bits per heavy atom. The van der Waals surface area contributed by atoms with Crippen LogP contribution in [0.2, 0.25) is 0 Å². The Labute approximate surface area is 406 Å². The van der Waals surface area contributed by atoms with Crippen molar-refractivity contribution in [3.63, 3.8) is 0 Å². The van der Waals surface area contributed by atoms with Gasteiger partial charge in [-0.1, -0.05) is 148 Å². The van der Waals surface area contributed by atoms with E-state index in [2.05, 4.69) is 206 Å². The number of ether oxygens (including phenoxy) is 2. The van der Waals surface area contributed by atoms with E-state index in [0.717, 1.165) is 83.3 Å². The van der Waals surface area contributed by atoms with Crippen LogP contribution in [0.1, 0.15) is 37.8 Å². The van der Waals surface area contributed by atoms with Crippen LogP contribution in [0.3, 0.4) is 0 Å². The molecule has 0 saturated heterocycles. The summed E-state index contributed by atoms with van der Waals surface area (Å²) in [6, 6.07) is 62.3. The predicted octanol–water partition coefficient (Wildman–Crippen LogP) is 15.3. The van der Waals surface area contributed by atoms with Gasteiger partial charge in [-0.15, -0.1) is 0 Å². The van der Waals surface area contributed by atoms with Crippen molar-refractivity contribution in [2.75, 3.05) is 14.2 Å². The first-order valence-corrected chi connectivity index (χ1v) is 23.9. The molecule has 338 valence electrons. The molecule has 11 aromatic rings. The number of aromatic nitrogens is 5. The van der Waals surface area contributed by atoms with Crippen LogP contribution in [0, 0.1) is 5.41 Å². The zero-order valence-corrected chi connectivity index (χ0v) is 39.7. The van der Waals surface area contributed by atoms with E-state index >= 15 is 0 Å². The van der Waals surface area contributed by atoms with Gasteiger partial charge in [-0.25, -0.2) is 0 Å². The summed E-state index contributed by atoms with van der Waals surface area (Å²) in [6.07, 6.45) is 9.24. The van der Waals surface area contributed by atoms with Crippen molar-refractivity contribution < 1.29 is 9.47 Å². The molecule has 0 spiro atoms. The molecule has 8 aromatic carbocycles. The normalized spacial score (nSPS) is 16.8. The van der Waals surface area contributed by atoms with Crippen LogP contribution in [-0.4, -0.2) is 38.3 Å². The van der Waals surface area contributed by atoms with E-state index in [9.17, 15) is 0 Å². The summed E-state index contributed by atoms with van der Waals surface area (Å²) in [5.41, 5.74) is 14.0. The lowest BCUT2D eigenvalue weighted by atomic mass is 9.62. The Balaban J connectivity index is 1.05. The third kappa shape index (κ3) is 6.24. The van der Waals surface area contributed by atoms with Crippen LogP contribution >= 0.6 is 0 Å². The highest BCUT2D eigenvalue weighted by Crippen LogP contribution is 2.63. The van der Waals surface area contributed by atoms with Crippen LogP contribution in [0.5, 0.6) is 11.5 Å². The molecule has 0 radical (unpaired) electrons. The lowest BCUT2D eigenvalue weighted by Gasteiger charge is -2.41. The molecule has 0 saturated carbocycles. The van der Waals surface area contributed by atoms with Crippen LogP contribution < -0.4 is 9.47 Å². The van der Waals surface area contributed by atoms with Gasteiger partial charge in [0.1, 0.15) is 11.5 Å². The van der Waals surface area contributed by atoms with Crippen LogP contribution in [-0.2, 0) is 5.41 Å². The smallest absolute Gasteiger partial charge is 0.240 e. The summed E-state index contributed by atoms with van der Waals surface area (Å²) in [7, 11) is 3.39. The SMILES string of the molecule is COc1ccc(-c2cc(-c3ccc(OC)cc3)cc(-c3cccc(-c4nc(-n5c6ccccc6c6ccccc65)nc(-n5c6ccccc6c6c7c(ccc65)C5C=CC=CC5(C)C7(C)C)n4)c3)c2)cc1. The number of hydrogen-bond acceptors (Lipinski definition) is 5. The number of para-hydroxylation sites is 3. The van der Waals surface area contributed by atoms with Crippen molar-refractivity contribution in [3.05, 3.63) is 211 Å². The van der Waals surface area contributed by atoms with Gasteiger partial charge in [0.2, 0.25) is 11.9 Å². The highest BCUT2D eigenvalue weighted by molar-refractivity contribution is 6.12. The van der Waals surface area contributed by atoms with E-state index < -0.39 is 0 Å². The minimum Gasteiger partial charge on any atom is -0.497 e. The van der Waals surface area contributed by atoms with Gasteiger partial charge in [0.15, 0.2) is 5.82 Å². The fourth-order valence-electron chi connectivity index (χ4n) is 11.6. The number of allylic oxidation sites excluding steroid dienone is 4. The Bertz CT molecular complexity index is 3850. The first-order chi connectivity index (χ1) is 34.2. The predicted molar refractivity (Wildman–Crippen MR) is 286 cm³/mol. The maximum absolute atomic E-state index is 5.53. The Hall–Kier alpha value is -8.55. The standard InChI is InChI=1S/C63H49N5O2/c1-62(2)58-50(52-20-12-13-34-63(52,62)3)32-33-56-57(58)51-19-8-11-23-55(51)68(56)61-65-59(64-60(66-61)67-53-21-9-6-17-48(53)49-18-7-10-22-54(49)67)42-16-14-15-41(35-42)45-37-43(39-24-28-46(69-4)29-25-39)36-44(38-45)40-26-30-47(70-5)31-27-40/h6-38,52H,1-5H3. The average Bonchev–Trinajstić information content (AvgIpc) is 3.99. The van der Waals surface area contributed by atoms with E-state index in [0.29, 0.717) is 17.7 Å². The second-order valence-corrected chi connectivity index (χ2v) is 19.4. The Kier molecular flexibility index (Phi) is 9.37. The quantitative estimate of drug-likeness (QED) is 0.152. The van der Waals surface area contributed by atoms with Gasteiger partial charge in [-0.05, 0) is 117 Å². The third-order valence-electron chi connectivity index (χ3n) is 15.5. The minimum atomic E-state index is -0.167. The Morgan fingerprint density at radius 2 is 0.943 bits per heavy atom. The minimum absolute atomic E-state index is 0.0831. The van der Waals surface area contributed by atoms with Gasteiger partial charge in [0.05, 0.1) is 36.3 Å². The molecule has 2 aliphatic rings. The lowest BCUT2D eigenvalue weighted by Crippen LogP contribution is -2.36. The fourth-order valence-corrected chi connectivity index (χ4v) is 11.6. The number of fused-ring (bicyclic) bond motifs is 10. The van der Waals surface area contributed by atoms with Crippen molar-refractivity contribution in [1.29, 1.82) is 0 Å². The number of hydrogen-bond donors (Lipinski definition) is 0. The van der Waals surface area contributed by atoms with Gasteiger partial charge in [0.25, 0.3) is 0 Å². The zero-order chi connectivity index (χ0) is 47.3. The molecule has 3 aromatic heterocycles. The number of methoxy groups -OCH3 is 2. The van der Waals surface area contributed by atoms with Gasteiger partial charge < -0.3 is 9.47 Å². The molecule has 3 heterocycles. The molecule has 0 amide bonds. The zero-order valence-electron chi connectivity index (χ0n) is 39.7. The third-order valence-corrected chi connectivity index (χ3v) is 15.5. The largest absolute Gasteiger partial charge is 0.497 e. The number of rotatable bonds is 8. The maximum atomic E-state index is 5.53. The van der Waals surface area contributed by atoms with E-state index in [1.54, 1.807) is 14.2 Å². The van der Waals surface area contributed by atoms with Crippen molar-refractivity contribution in [1.82, 2.24) is 24.1 Å². The van der Waals surface area contributed by atoms with Crippen molar-refractivity contribution in [2.45, 2.75) is 32.1 Å². The number of nitrogens with zero attached hydrogens (tertiary/aromatic N) is 5. The van der Waals surface area contributed by atoms with Gasteiger partial charge in [0, 0.05) is 43.9 Å². The second-order valence-electron chi connectivity index (χ2n) is 19.4. The van der Waals surface area contributed by atoms with Gasteiger partial charge in [-0.3, -0.25) is 9.13 Å². The summed E-state index contributed by atoms with van der Waals surface area (Å²) in [6.45, 7) is 7.26. The van der Waals surface area contributed by atoms with Gasteiger partial charge >= 0.3 is 0 Å². The molecule has 0 N–H and O–H groups in total. The summed E-state index contributed by atoms with van der Waals surface area (Å²) in [4.78, 5) is 16.5. The second kappa shape index (κ2) is 15.8. The summed E-state index contributed by atoms with van der Waals surface area (Å²) in [5, 5.41) is 4.72. The van der Waals surface area contributed by atoms with E-state index in [4.69, 9.17) is 24.4 Å². The topological polar surface area (TPSA) is 67.0 Å². The lowest BCUT2D eigenvalue weighted by molar-refractivity contribution is 0.246. The molecule has 0 bridgehead atoms. The summed E-state index contributed by atoms with van der Waals surface area (Å²) >= 11 is 0. The molecular formula is C63H49N5O2. The maximum Gasteiger partial charge on any atom is 0.240 e. The summed E-state index contributed by atoms with van der Waals surface area (Å²) < 4.78 is 15.5. The molecule has 7 heteroatoms. The average molecular weight is 908 g/mol. The van der Waals surface area contributed by atoms with Crippen LogP contribution in [0.15, 0.2) is 200 Å². The highest BCUT2D eigenvalue weighted by atomic mass is 16.5. The molecule has 0 aliphatic heterocycles. The molecular weight excluding hydrogens is 859 g/mol. The Morgan fingerprint density at radius 3 is 1.53 bits per heavy atom. The molecule has 2 aliphatic carbocycles. The first kappa shape index (κ1) is 41.6. The first-order valence-electron chi connectivity index (χ1n) is 23.9. The molecule has 2 unspecified atom stereocenters. The molecule has 2 atom stereocenters. The van der Waals surface area contributed by atoms with Crippen molar-refractivity contribution >= 4 is 43.6 Å². The van der Waals surface area contributed by atoms with Crippen molar-refractivity contribution in [3.8, 4) is 68.2 Å². The van der Waals surface area contributed by atoms with E-state index in [1.165, 1.54) is 21.9 Å². The fraction of sp³-hybridized carbons (Fsp3) is 0.127. The van der Waals surface area contributed by atoms with E-state index in [1.807, 2.05) is 24.3 Å². The molecule has 7 nitrogen and oxygen atoms in total. The van der Waals surface area contributed by atoms with E-state index in [-0.39, 0.29) is 16.7 Å². The monoisotopic (exact) mass is 907 g/mol.